The summed E-state index contributed by atoms with van der Waals surface area (Å²) in [6.45, 7) is -0.269. The Kier molecular flexibility index (Phi) is 4.34. The van der Waals surface area contributed by atoms with E-state index in [-0.39, 0.29) is 29.2 Å². The van der Waals surface area contributed by atoms with Gasteiger partial charge in [0.25, 0.3) is 5.56 Å². The normalized spacial score (nSPS) is 10.6. The van der Waals surface area contributed by atoms with Gasteiger partial charge in [-0.1, -0.05) is 18.2 Å². The molecule has 0 spiro atoms. The molecule has 0 unspecified atom stereocenters. The fraction of sp³-hybridized carbons (Fsp3) is 0.176. The lowest BCUT2D eigenvalue weighted by atomic mass is 10.1. The van der Waals surface area contributed by atoms with Crippen molar-refractivity contribution in [3.63, 3.8) is 0 Å². The van der Waals surface area contributed by atoms with Crippen LogP contribution in [-0.4, -0.2) is 28.8 Å². The van der Waals surface area contributed by atoms with Gasteiger partial charge < -0.3 is 13.9 Å². The highest BCUT2D eigenvalue weighted by Crippen LogP contribution is 2.17. The molecule has 0 aliphatic heterocycles. The van der Waals surface area contributed by atoms with Crippen LogP contribution in [0.1, 0.15) is 26.6 Å². The van der Waals surface area contributed by atoms with Crippen LogP contribution in [0.4, 0.5) is 0 Å². The van der Waals surface area contributed by atoms with Crippen molar-refractivity contribution in [1.82, 2.24) is 9.78 Å². The molecular formula is C17H14N2O6. The second-order valence-corrected chi connectivity index (χ2v) is 5.15. The van der Waals surface area contributed by atoms with Gasteiger partial charge in [0.05, 0.1) is 18.8 Å². The molecule has 2 aromatic heterocycles. The minimum absolute atomic E-state index is 0.00359. The fourth-order valence-corrected chi connectivity index (χ4v) is 2.39. The zero-order valence-electron chi connectivity index (χ0n) is 13.5. The molecule has 0 amide bonds. The number of hydrogen-bond acceptors (Lipinski definition) is 7. The summed E-state index contributed by atoms with van der Waals surface area (Å²) >= 11 is 0. The maximum Gasteiger partial charge on any atom is 0.359 e. The van der Waals surface area contributed by atoms with Crippen LogP contribution in [0.25, 0.3) is 10.8 Å². The van der Waals surface area contributed by atoms with Crippen molar-refractivity contribution in [2.45, 2.75) is 6.61 Å². The zero-order chi connectivity index (χ0) is 18.0. The second-order valence-electron chi connectivity index (χ2n) is 5.15. The van der Waals surface area contributed by atoms with Gasteiger partial charge in [-0.2, -0.15) is 5.10 Å². The van der Waals surface area contributed by atoms with Gasteiger partial charge in [0.1, 0.15) is 5.56 Å². The van der Waals surface area contributed by atoms with Crippen molar-refractivity contribution >= 4 is 22.7 Å². The molecule has 8 nitrogen and oxygen atoms in total. The third-order valence-corrected chi connectivity index (χ3v) is 3.63. The molecule has 128 valence electrons. The number of furan rings is 1. The summed E-state index contributed by atoms with van der Waals surface area (Å²) < 4.78 is 16.0. The van der Waals surface area contributed by atoms with E-state index in [0.29, 0.717) is 10.8 Å². The number of benzene rings is 1. The molecule has 1 aromatic carbocycles. The molecule has 0 saturated carbocycles. The van der Waals surface area contributed by atoms with Crippen LogP contribution in [0.2, 0.25) is 0 Å². The van der Waals surface area contributed by atoms with E-state index in [1.165, 1.54) is 26.5 Å². The SMILES string of the molecule is COC(=O)c1ccoc1COC(=O)c1nn(C)c(=O)c2ccccc12. The number of ether oxygens (including phenoxy) is 2. The lowest BCUT2D eigenvalue weighted by Gasteiger charge is -2.08. The van der Waals surface area contributed by atoms with Gasteiger partial charge in [0, 0.05) is 12.4 Å². The predicted octanol–water partition coefficient (Wildman–Crippen LogP) is 1.67. The van der Waals surface area contributed by atoms with E-state index >= 15 is 0 Å². The molecule has 0 radical (unpaired) electrons. The third kappa shape index (κ3) is 3.01. The van der Waals surface area contributed by atoms with E-state index in [4.69, 9.17) is 9.15 Å². The first-order valence-corrected chi connectivity index (χ1v) is 7.30. The van der Waals surface area contributed by atoms with E-state index in [2.05, 4.69) is 9.84 Å². The highest BCUT2D eigenvalue weighted by molar-refractivity contribution is 6.02. The molecule has 0 N–H and O–H groups in total. The Bertz CT molecular complexity index is 1020. The summed E-state index contributed by atoms with van der Waals surface area (Å²) in [4.78, 5) is 36.1. The maximum absolute atomic E-state index is 12.4. The van der Waals surface area contributed by atoms with Gasteiger partial charge >= 0.3 is 11.9 Å². The van der Waals surface area contributed by atoms with Gasteiger partial charge in [-0.05, 0) is 12.1 Å². The van der Waals surface area contributed by atoms with Crippen molar-refractivity contribution < 1.29 is 23.5 Å². The molecule has 0 fully saturated rings. The molecule has 8 heteroatoms. The highest BCUT2D eigenvalue weighted by Gasteiger charge is 2.20. The van der Waals surface area contributed by atoms with Crippen LogP contribution in [-0.2, 0) is 23.1 Å². The Labute approximate surface area is 141 Å². The number of aryl methyl sites for hydroxylation is 1. The van der Waals surface area contributed by atoms with Crippen molar-refractivity contribution in [3.8, 4) is 0 Å². The quantitative estimate of drug-likeness (QED) is 0.665. The number of hydrogen-bond donors (Lipinski definition) is 0. The van der Waals surface area contributed by atoms with E-state index in [1.54, 1.807) is 24.3 Å². The average molecular weight is 342 g/mol. The molecule has 2 heterocycles. The Hall–Kier alpha value is -3.42. The third-order valence-electron chi connectivity index (χ3n) is 3.63. The van der Waals surface area contributed by atoms with Gasteiger partial charge in [-0.25, -0.2) is 14.3 Å². The summed E-state index contributed by atoms with van der Waals surface area (Å²) in [5, 5.41) is 4.74. The topological polar surface area (TPSA) is 101 Å². The standard InChI is InChI=1S/C17H14N2O6/c1-19-15(20)11-6-4-3-5-10(11)14(18-19)17(22)25-9-13-12(7-8-24-13)16(21)23-2/h3-8H,9H2,1-2H3. The van der Waals surface area contributed by atoms with Crippen molar-refractivity contribution in [1.29, 1.82) is 0 Å². The van der Waals surface area contributed by atoms with Gasteiger partial charge in [0.2, 0.25) is 0 Å². The minimum Gasteiger partial charge on any atom is -0.465 e. The summed E-state index contributed by atoms with van der Waals surface area (Å²) in [5.74, 6) is -1.17. The van der Waals surface area contributed by atoms with Crippen LogP contribution in [0.15, 0.2) is 45.8 Å². The fourth-order valence-electron chi connectivity index (χ4n) is 2.39. The number of esters is 2. The first-order valence-electron chi connectivity index (χ1n) is 7.30. The Balaban J connectivity index is 1.89. The highest BCUT2D eigenvalue weighted by atomic mass is 16.5. The predicted molar refractivity (Wildman–Crippen MR) is 86.2 cm³/mol. The molecule has 25 heavy (non-hydrogen) atoms. The van der Waals surface area contributed by atoms with Crippen LogP contribution < -0.4 is 5.56 Å². The number of methoxy groups -OCH3 is 1. The lowest BCUT2D eigenvalue weighted by Crippen LogP contribution is -2.23. The molecule has 0 aliphatic carbocycles. The Morgan fingerprint density at radius 2 is 1.88 bits per heavy atom. The van der Waals surface area contributed by atoms with Crippen LogP contribution in [0.5, 0.6) is 0 Å². The number of fused-ring (bicyclic) bond motifs is 1. The smallest absolute Gasteiger partial charge is 0.359 e. The van der Waals surface area contributed by atoms with Crippen molar-refractivity contribution in [2.24, 2.45) is 7.05 Å². The number of rotatable bonds is 4. The van der Waals surface area contributed by atoms with E-state index in [1.807, 2.05) is 0 Å². The Morgan fingerprint density at radius 1 is 1.16 bits per heavy atom. The summed E-state index contributed by atoms with van der Waals surface area (Å²) in [6.07, 6.45) is 1.30. The molecule has 0 bridgehead atoms. The second kappa shape index (κ2) is 6.60. The number of nitrogens with zero attached hydrogens (tertiary/aromatic N) is 2. The van der Waals surface area contributed by atoms with Crippen molar-refractivity contribution in [2.75, 3.05) is 7.11 Å². The molecule has 3 aromatic rings. The van der Waals surface area contributed by atoms with Crippen LogP contribution >= 0.6 is 0 Å². The minimum atomic E-state index is -0.737. The van der Waals surface area contributed by atoms with E-state index in [0.717, 1.165) is 4.68 Å². The summed E-state index contributed by atoms with van der Waals surface area (Å²) in [6, 6.07) is 8.05. The molecular weight excluding hydrogens is 328 g/mol. The molecule has 0 saturated heterocycles. The Morgan fingerprint density at radius 3 is 2.60 bits per heavy atom. The van der Waals surface area contributed by atoms with Gasteiger partial charge in [-0.3, -0.25) is 4.79 Å². The van der Waals surface area contributed by atoms with E-state index in [9.17, 15) is 14.4 Å². The van der Waals surface area contributed by atoms with Crippen molar-refractivity contribution in [3.05, 3.63) is 64.0 Å². The van der Waals surface area contributed by atoms with Crippen LogP contribution in [0, 0.1) is 0 Å². The first kappa shape index (κ1) is 16.4. The maximum atomic E-state index is 12.4. The lowest BCUT2D eigenvalue weighted by molar-refractivity contribution is 0.0425. The first-order chi connectivity index (χ1) is 12.0. The molecule has 3 rings (SSSR count). The number of aromatic nitrogens is 2. The number of carbonyl (C=O) groups excluding carboxylic acids is 2. The van der Waals surface area contributed by atoms with Crippen LogP contribution in [0.3, 0.4) is 0 Å². The average Bonchev–Trinajstić information content (AvgIpc) is 3.10. The number of carbonyl (C=O) groups is 2. The monoisotopic (exact) mass is 342 g/mol. The van der Waals surface area contributed by atoms with Gasteiger partial charge in [-0.15, -0.1) is 0 Å². The zero-order valence-corrected chi connectivity index (χ0v) is 13.5. The van der Waals surface area contributed by atoms with E-state index < -0.39 is 11.9 Å². The summed E-state index contributed by atoms with van der Waals surface area (Å²) in [5.41, 5.74) is -0.136. The summed E-state index contributed by atoms with van der Waals surface area (Å²) in [7, 11) is 2.69. The molecule has 0 atom stereocenters. The van der Waals surface area contributed by atoms with Gasteiger partial charge in [0.15, 0.2) is 18.1 Å². The molecule has 0 aliphatic rings. The largest absolute Gasteiger partial charge is 0.465 e.